The third-order valence-corrected chi connectivity index (χ3v) is 2.03. The molecule has 0 saturated carbocycles. The van der Waals surface area contributed by atoms with E-state index in [4.69, 9.17) is 8.83 Å². The van der Waals surface area contributed by atoms with Gasteiger partial charge in [-0.1, -0.05) is 0 Å². The SMILES string of the molecule is Cc1occc1C(=O)N/N=C/c1ccoc1. The van der Waals surface area contributed by atoms with Crippen LogP contribution in [0.15, 0.2) is 44.9 Å². The molecule has 0 radical (unpaired) electrons. The fourth-order valence-electron chi connectivity index (χ4n) is 1.19. The first-order chi connectivity index (χ1) is 7.77. The van der Waals surface area contributed by atoms with E-state index in [0.29, 0.717) is 11.3 Å². The summed E-state index contributed by atoms with van der Waals surface area (Å²) in [6, 6.07) is 3.33. The second-order valence-corrected chi connectivity index (χ2v) is 3.15. The van der Waals surface area contributed by atoms with Crippen LogP contribution >= 0.6 is 0 Å². The van der Waals surface area contributed by atoms with Crippen molar-refractivity contribution in [1.29, 1.82) is 0 Å². The molecule has 1 N–H and O–H groups in total. The molecule has 16 heavy (non-hydrogen) atoms. The first-order valence-electron chi connectivity index (χ1n) is 4.67. The number of hydrogen-bond acceptors (Lipinski definition) is 4. The highest BCUT2D eigenvalue weighted by atomic mass is 16.3. The molecule has 5 heteroatoms. The van der Waals surface area contributed by atoms with Gasteiger partial charge in [0.2, 0.25) is 0 Å². The van der Waals surface area contributed by atoms with Crippen molar-refractivity contribution in [1.82, 2.24) is 5.43 Å². The van der Waals surface area contributed by atoms with Crippen LogP contribution in [0, 0.1) is 6.92 Å². The van der Waals surface area contributed by atoms with Gasteiger partial charge in [0.05, 0.1) is 30.6 Å². The minimum atomic E-state index is -0.300. The Morgan fingerprint density at radius 1 is 1.44 bits per heavy atom. The van der Waals surface area contributed by atoms with Crippen molar-refractivity contribution in [2.45, 2.75) is 6.92 Å². The predicted octanol–water partition coefficient (Wildman–Crippen LogP) is 1.94. The lowest BCUT2D eigenvalue weighted by Gasteiger charge is -1.96. The number of rotatable bonds is 3. The van der Waals surface area contributed by atoms with Crippen LogP contribution in [0.5, 0.6) is 0 Å². The summed E-state index contributed by atoms with van der Waals surface area (Å²) in [7, 11) is 0. The first kappa shape index (κ1) is 10.2. The molecule has 2 rings (SSSR count). The molecule has 0 atom stereocenters. The predicted molar refractivity (Wildman–Crippen MR) is 57.2 cm³/mol. The van der Waals surface area contributed by atoms with Crippen LogP contribution in [0.25, 0.3) is 0 Å². The number of carbonyl (C=O) groups is 1. The number of nitrogens with zero attached hydrogens (tertiary/aromatic N) is 1. The van der Waals surface area contributed by atoms with Crippen molar-refractivity contribution >= 4 is 12.1 Å². The summed E-state index contributed by atoms with van der Waals surface area (Å²) >= 11 is 0. The van der Waals surface area contributed by atoms with E-state index in [0.717, 1.165) is 5.56 Å². The molecule has 0 aliphatic heterocycles. The van der Waals surface area contributed by atoms with Gasteiger partial charge in [0.25, 0.3) is 5.91 Å². The van der Waals surface area contributed by atoms with Crippen molar-refractivity contribution in [2.75, 3.05) is 0 Å². The van der Waals surface area contributed by atoms with Gasteiger partial charge in [0, 0.05) is 5.56 Å². The zero-order valence-electron chi connectivity index (χ0n) is 8.64. The minimum Gasteiger partial charge on any atom is -0.472 e. The number of hydrogen-bond donors (Lipinski definition) is 1. The molecule has 5 nitrogen and oxygen atoms in total. The Balaban J connectivity index is 1.97. The molecule has 2 aromatic rings. The van der Waals surface area contributed by atoms with Crippen LogP contribution < -0.4 is 5.43 Å². The van der Waals surface area contributed by atoms with E-state index in [9.17, 15) is 4.79 Å². The van der Waals surface area contributed by atoms with E-state index < -0.39 is 0 Å². The van der Waals surface area contributed by atoms with Crippen molar-refractivity contribution in [3.8, 4) is 0 Å². The molecule has 2 aromatic heterocycles. The molecule has 0 bridgehead atoms. The number of nitrogens with one attached hydrogen (secondary N) is 1. The summed E-state index contributed by atoms with van der Waals surface area (Å²) in [5.41, 5.74) is 3.65. The monoisotopic (exact) mass is 218 g/mol. The van der Waals surface area contributed by atoms with Crippen LogP contribution in [0.2, 0.25) is 0 Å². The molecule has 82 valence electrons. The summed E-state index contributed by atoms with van der Waals surface area (Å²) in [6.45, 7) is 1.72. The molecular weight excluding hydrogens is 208 g/mol. The van der Waals surface area contributed by atoms with E-state index in [2.05, 4.69) is 10.5 Å². The lowest BCUT2D eigenvalue weighted by atomic mass is 10.2. The van der Waals surface area contributed by atoms with E-state index >= 15 is 0 Å². The van der Waals surface area contributed by atoms with Gasteiger partial charge >= 0.3 is 0 Å². The number of carbonyl (C=O) groups excluding carboxylic acids is 1. The van der Waals surface area contributed by atoms with Gasteiger partial charge in [0.1, 0.15) is 5.76 Å². The normalized spacial score (nSPS) is 10.8. The lowest BCUT2D eigenvalue weighted by Crippen LogP contribution is -2.17. The summed E-state index contributed by atoms with van der Waals surface area (Å²) in [5.74, 6) is 0.266. The Hall–Kier alpha value is -2.30. The second-order valence-electron chi connectivity index (χ2n) is 3.15. The maximum Gasteiger partial charge on any atom is 0.274 e. The molecule has 0 saturated heterocycles. The van der Waals surface area contributed by atoms with Gasteiger partial charge in [0.15, 0.2) is 0 Å². The number of hydrazone groups is 1. The van der Waals surface area contributed by atoms with E-state index in [1.54, 1.807) is 19.1 Å². The Kier molecular flexibility index (Phi) is 2.86. The van der Waals surface area contributed by atoms with Crippen molar-refractivity contribution in [2.24, 2.45) is 5.10 Å². The van der Waals surface area contributed by atoms with Crippen LogP contribution in [0.4, 0.5) is 0 Å². The highest BCUT2D eigenvalue weighted by Gasteiger charge is 2.09. The average Bonchev–Trinajstić information content (AvgIpc) is 2.88. The molecular formula is C11H10N2O3. The molecule has 0 spiro atoms. The zero-order chi connectivity index (χ0) is 11.4. The number of amides is 1. The molecule has 0 unspecified atom stereocenters. The van der Waals surface area contributed by atoms with E-state index in [1.807, 2.05) is 0 Å². The van der Waals surface area contributed by atoms with Crippen molar-refractivity contribution < 1.29 is 13.6 Å². The zero-order valence-corrected chi connectivity index (χ0v) is 8.64. The molecule has 0 aliphatic rings. The standard InChI is InChI=1S/C11H10N2O3/c1-8-10(3-5-16-8)11(14)13-12-6-9-2-4-15-7-9/h2-7H,1H3,(H,13,14)/b12-6+. The second kappa shape index (κ2) is 4.48. The highest BCUT2D eigenvalue weighted by molar-refractivity contribution is 5.95. The van der Waals surface area contributed by atoms with Gasteiger partial charge in [-0.15, -0.1) is 0 Å². The first-order valence-corrected chi connectivity index (χ1v) is 4.67. The Morgan fingerprint density at radius 3 is 2.94 bits per heavy atom. The van der Waals surface area contributed by atoms with Crippen LogP contribution in [-0.4, -0.2) is 12.1 Å². The molecule has 1 amide bonds. The quantitative estimate of drug-likeness (QED) is 0.632. The molecule has 0 fully saturated rings. The fraction of sp³-hybridized carbons (Fsp3) is 0.0909. The van der Waals surface area contributed by atoms with Crippen molar-refractivity contribution in [3.63, 3.8) is 0 Å². The molecule has 2 heterocycles. The minimum absolute atomic E-state index is 0.300. The summed E-state index contributed by atoms with van der Waals surface area (Å²) in [4.78, 5) is 11.5. The third kappa shape index (κ3) is 2.20. The molecule has 0 aliphatic carbocycles. The Morgan fingerprint density at radius 2 is 2.31 bits per heavy atom. The van der Waals surface area contributed by atoms with Crippen LogP contribution in [0.3, 0.4) is 0 Å². The third-order valence-electron chi connectivity index (χ3n) is 2.03. The lowest BCUT2D eigenvalue weighted by molar-refractivity contribution is 0.0953. The summed E-state index contributed by atoms with van der Waals surface area (Å²) < 4.78 is 9.85. The van der Waals surface area contributed by atoms with Crippen molar-refractivity contribution in [3.05, 3.63) is 47.8 Å². The van der Waals surface area contributed by atoms with Crippen LogP contribution in [0.1, 0.15) is 21.7 Å². The van der Waals surface area contributed by atoms with Gasteiger partial charge in [-0.05, 0) is 19.1 Å². The van der Waals surface area contributed by atoms with Crippen LogP contribution in [-0.2, 0) is 0 Å². The highest BCUT2D eigenvalue weighted by Crippen LogP contribution is 2.07. The van der Waals surface area contributed by atoms with Gasteiger partial charge in [-0.2, -0.15) is 5.10 Å². The number of furan rings is 2. The fourth-order valence-corrected chi connectivity index (χ4v) is 1.19. The summed E-state index contributed by atoms with van der Waals surface area (Å²) in [5, 5.41) is 3.78. The summed E-state index contributed by atoms with van der Waals surface area (Å²) in [6.07, 6.45) is 6.02. The van der Waals surface area contributed by atoms with E-state index in [1.165, 1.54) is 25.0 Å². The average molecular weight is 218 g/mol. The topological polar surface area (TPSA) is 67.7 Å². The largest absolute Gasteiger partial charge is 0.472 e. The smallest absolute Gasteiger partial charge is 0.274 e. The van der Waals surface area contributed by atoms with Gasteiger partial charge in [-0.3, -0.25) is 4.79 Å². The van der Waals surface area contributed by atoms with E-state index in [-0.39, 0.29) is 5.91 Å². The van der Waals surface area contributed by atoms with Gasteiger partial charge < -0.3 is 8.83 Å². The molecule has 0 aromatic carbocycles. The Labute approximate surface area is 91.7 Å². The number of aryl methyl sites for hydroxylation is 1. The maximum absolute atomic E-state index is 11.5. The van der Waals surface area contributed by atoms with Gasteiger partial charge in [-0.25, -0.2) is 5.43 Å². The Bertz CT molecular complexity index is 497. The maximum atomic E-state index is 11.5.